The summed E-state index contributed by atoms with van der Waals surface area (Å²) in [5.74, 6) is 1.07. The third-order valence-electron chi connectivity index (χ3n) is 3.83. The van der Waals surface area contributed by atoms with Crippen molar-refractivity contribution in [1.29, 1.82) is 0 Å². The lowest BCUT2D eigenvalue weighted by Crippen LogP contribution is -2.51. The number of carbonyl (C=O) groups excluding carboxylic acids is 2. The minimum atomic E-state index is -0.479. The third kappa shape index (κ3) is 2.56. The van der Waals surface area contributed by atoms with Crippen molar-refractivity contribution in [2.45, 2.75) is 20.8 Å². The Bertz CT molecular complexity index is 528. The van der Waals surface area contributed by atoms with Crippen LogP contribution < -0.4 is 0 Å². The van der Waals surface area contributed by atoms with Gasteiger partial charge in [0.15, 0.2) is 0 Å². The molecule has 0 unspecified atom stereocenters. The Hall–Kier alpha value is -1.82. The van der Waals surface area contributed by atoms with E-state index >= 15 is 0 Å². The first-order valence-corrected chi connectivity index (χ1v) is 6.70. The first kappa shape index (κ1) is 14.6. The molecule has 0 atom stereocenters. The van der Waals surface area contributed by atoms with Gasteiger partial charge >= 0.3 is 0 Å². The highest BCUT2D eigenvalue weighted by molar-refractivity contribution is 5.97. The highest BCUT2D eigenvalue weighted by Crippen LogP contribution is 2.22. The number of piperazine rings is 1. The SMILES string of the molecule is Cc1oc(C)c(C(=O)N2CCN(C(=O)CO)CC2)c1C. The van der Waals surface area contributed by atoms with E-state index in [4.69, 9.17) is 9.52 Å². The number of amides is 2. The van der Waals surface area contributed by atoms with E-state index in [2.05, 4.69) is 0 Å². The van der Waals surface area contributed by atoms with Crippen LogP contribution in [0.15, 0.2) is 4.42 Å². The molecule has 0 radical (unpaired) electrons. The minimum Gasteiger partial charge on any atom is -0.466 e. The molecule has 2 amide bonds. The molecule has 110 valence electrons. The van der Waals surface area contributed by atoms with Gasteiger partial charge in [-0.2, -0.15) is 0 Å². The second-order valence-corrected chi connectivity index (χ2v) is 5.05. The lowest BCUT2D eigenvalue weighted by Gasteiger charge is -2.34. The minimum absolute atomic E-state index is 0.0482. The predicted octanol–water partition coefficient (Wildman–Crippen LogP) is 0.482. The van der Waals surface area contributed by atoms with Gasteiger partial charge in [0, 0.05) is 31.7 Å². The van der Waals surface area contributed by atoms with Gasteiger partial charge in [-0.3, -0.25) is 9.59 Å². The lowest BCUT2D eigenvalue weighted by molar-refractivity contribution is -0.135. The molecule has 0 aromatic carbocycles. The molecule has 2 rings (SSSR count). The normalized spacial score (nSPS) is 15.6. The average Bonchev–Trinajstić information content (AvgIpc) is 2.71. The van der Waals surface area contributed by atoms with Crippen LogP contribution >= 0.6 is 0 Å². The lowest BCUT2D eigenvalue weighted by atomic mass is 10.1. The molecule has 1 aromatic heterocycles. The molecule has 20 heavy (non-hydrogen) atoms. The zero-order valence-corrected chi connectivity index (χ0v) is 12.1. The molecule has 1 fully saturated rings. The van der Waals surface area contributed by atoms with E-state index in [0.29, 0.717) is 37.5 Å². The molecule has 0 spiro atoms. The summed E-state index contributed by atoms with van der Waals surface area (Å²) in [4.78, 5) is 27.2. The summed E-state index contributed by atoms with van der Waals surface area (Å²) >= 11 is 0. The van der Waals surface area contributed by atoms with E-state index in [1.807, 2.05) is 13.8 Å². The highest BCUT2D eigenvalue weighted by Gasteiger charge is 2.28. The van der Waals surface area contributed by atoms with E-state index in [-0.39, 0.29) is 11.8 Å². The number of aliphatic hydroxyl groups is 1. The molecule has 1 N–H and O–H groups in total. The molecule has 1 aliphatic rings. The summed E-state index contributed by atoms with van der Waals surface area (Å²) < 4.78 is 5.49. The summed E-state index contributed by atoms with van der Waals surface area (Å²) in [6.07, 6.45) is 0. The van der Waals surface area contributed by atoms with Crippen LogP contribution in [0.25, 0.3) is 0 Å². The molecule has 2 heterocycles. The van der Waals surface area contributed by atoms with Crippen LogP contribution in [-0.2, 0) is 4.79 Å². The van der Waals surface area contributed by atoms with Crippen LogP contribution in [-0.4, -0.2) is 59.5 Å². The van der Waals surface area contributed by atoms with Gasteiger partial charge in [-0.1, -0.05) is 0 Å². The molecule has 1 aliphatic heterocycles. The van der Waals surface area contributed by atoms with Gasteiger partial charge in [-0.25, -0.2) is 0 Å². The van der Waals surface area contributed by atoms with Crippen molar-refractivity contribution in [3.05, 3.63) is 22.6 Å². The van der Waals surface area contributed by atoms with Crippen molar-refractivity contribution in [2.24, 2.45) is 0 Å². The predicted molar refractivity (Wildman–Crippen MR) is 72.5 cm³/mol. The topological polar surface area (TPSA) is 74.0 Å². The Balaban J connectivity index is 2.07. The van der Waals surface area contributed by atoms with Crippen LogP contribution in [0, 0.1) is 20.8 Å². The molecule has 0 bridgehead atoms. The second-order valence-electron chi connectivity index (χ2n) is 5.05. The number of nitrogens with zero attached hydrogens (tertiary/aromatic N) is 2. The molecular weight excluding hydrogens is 260 g/mol. The molecule has 6 nitrogen and oxygen atoms in total. The monoisotopic (exact) mass is 280 g/mol. The smallest absolute Gasteiger partial charge is 0.257 e. The van der Waals surface area contributed by atoms with E-state index in [1.54, 1.807) is 16.7 Å². The number of furan rings is 1. The van der Waals surface area contributed by atoms with Crippen LogP contribution in [0.1, 0.15) is 27.4 Å². The van der Waals surface area contributed by atoms with Crippen molar-refractivity contribution in [1.82, 2.24) is 9.80 Å². The fraction of sp³-hybridized carbons (Fsp3) is 0.571. The van der Waals surface area contributed by atoms with Crippen molar-refractivity contribution in [2.75, 3.05) is 32.8 Å². The fourth-order valence-corrected chi connectivity index (χ4v) is 2.53. The number of aliphatic hydroxyl groups excluding tert-OH is 1. The van der Waals surface area contributed by atoms with Gasteiger partial charge in [-0.15, -0.1) is 0 Å². The molecule has 1 aromatic rings. The number of hydrogen-bond acceptors (Lipinski definition) is 4. The van der Waals surface area contributed by atoms with E-state index in [9.17, 15) is 9.59 Å². The van der Waals surface area contributed by atoms with E-state index < -0.39 is 6.61 Å². The average molecular weight is 280 g/mol. The zero-order chi connectivity index (χ0) is 14.9. The Morgan fingerprint density at radius 3 is 2.05 bits per heavy atom. The maximum atomic E-state index is 12.5. The van der Waals surface area contributed by atoms with Crippen molar-refractivity contribution >= 4 is 11.8 Å². The molecule has 1 saturated heterocycles. The van der Waals surface area contributed by atoms with Gasteiger partial charge < -0.3 is 19.3 Å². The Morgan fingerprint density at radius 1 is 1.05 bits per heavy atom. The Labute approximate surface area is 118 Å². The summed E-state index contributed by atoms with van der Waals surface area (Å²) in [7, 11) is 0. The van der Waals surface area contributed by atoms with Crippen molar-refractivity contribution in [3.63, 3.8) is 0 Å². The molecule has 0 saturated carbocycles. The number of hydrogen-bond donors (Lipinski definition) is 1. The molecule has 0 aliphatic carbocycles. The Kier molecular flexibility index (Phi) is 4.13. The maximum Gasteiger partial charge on any atom is 0.257 e. The van der Waals surface area contributed by atoms with Gasteiger partial charge in [0.2, 0.25) is 5.91 Å². The largest absolute Gasteiger partial charge is 0.466 e. The summed E-state index contributed by atoms with van der Waals surface area (Å²) in [5, 5.41) is 8.83. The van der Waals surface area contributed by atoms with E-state index in [0.717, 1.165) is 11.3 Å². The molecular formula is C14H20N2O4. The highest BCUT2D eigenvalue weighted by atomic mass is 16.3. The van der Waals surface area contributed by atoms with E-state index in [1.165, 1.54) is 0 Å². The van der Waals surface area contributed by atoms with Crippen LogP contribution in [0.4, 0.5) is 0 Å². The van der Waals surface area contributed by atoms with Crippen molar-refractivity contribution in [3.8, 4) is 0 Å². The summed E-state index contributed by atoms with van der Waals surface area (Å²) in [6.45, 7) is 6.91. The standard InChI is InChI=1S/C14H20N2O4/c1-9-10(2)20-11(3)13(9)14(19)16-6-4-15(5-7-16)12(18)8-17/h17H,4-8H2,1-3H3. The van der Waals surface area contributed by atoms with Crippen LogP contribution in [0.3, 0.4) is 0 Å². The second kappa shape index (κ2) is 5.66. The van der Waals surface area contributed by atoms with Gasteiger partial charge in [-0.05, 0) is 20.8 Å². The number of rotatable bonds is 2. The third-order valence-corrected chi connectivity index (χ3v) is 3.83. The fourth-order valence-electron chi connectivity index (χ4n) is 2.53. The first-order chi connectivity index (χ1) is 9.45. The number of carbonyl (C=O) groups is 2. The quantitative estimate of drug-likeness (QED) is 0.855. The maximum absolute atomic E-state index is 12.5. The van der Waals surface area contributed by atoms with Gasteiger partial charge in [0.05, 0.1) is 5.56 Å². The first-order valence-electron chi connectivity index (χ1n) is 6.70. The van der Waals surface area contributed by atoms with Crippen molar-refractivity contribution < 1.29 is 19.1 Å². The Morgan fingerprint density at radius 2 is 1.60 bits per heavy atom. The van der Waals surface area contributed by atoms with Crippen LogP contribution in [0.2, 0.25) is 0 Å². The van der Waals surface area contributed by atoms with Gasteiger partial charge in [0.25, 0.3) is 5.91 Å². The summed E-state index contributed by atoms with van der Waals surface area (Å²) in [5.41, 5.74) is 1.51. The summed E-state index contributed by atoms with van der Waals surface area (Å²) in [6, 6.07) is 0. The zero-order valence-electron chi connectivity index (χ0n) is 12.1. The van der Waals surface area contributed by atoms with Crippen LogP contribution in [0.5, 0.6) is 0 Å². The van der Waals surface area contributed by atoms with Gasteiger partial charge in [0.1, 0.15) is 18.1 Å². The molecule has 6 heteroatoms. The number of aryl methyl sites for hydroxylation is 2.